The molecule has 1 atom stereocenters. The van der Waals surface area contributed by atoms with Crippen molar-refractivity contribution in [1.82, 2.24) is 28.9 Å². The first-order chi connectivity index (χ1) is 13.6. The highest BCUT2D eigenvalue weighted by atomic mass is 35.5. The summed E-state index contributed by atoms with van der Waals surface area (Å²) in [6.07, 6.45) is 4.39. The largest absolute Gasteiger partial charge is 0.381 e. The molecule has 8 nitrogen and oxygen atoms in total. The quantitative estimate of drug-likeness (QED) is 0.530. The average Bonchev–Trinajstić information content (AvgIpc) is 3.41. The van der Waals surface area contributed by atoms with Crippen LogP contribution in [-0.2, 0) is 4.74 Å². The number of imidazole rings is 1. The summed E-state index contributed by atoms with van der Waals surface area (Å²) in [6, 6.07) is 5.52. The Balaban J connectivity index is 1.78. The molecular formula is C19H19ClN6O2. The van der Waals surface area contributed by atoms with Gasteiger partial charge in [-0.3, -0.25) is 9.20 Å². The van der Waals surface area contributed by atoms with Gasteiger partial charge < -0.3 is 9.30 Å². The van der Waals surface area contributed by atoms with E-state index in [9.17, 15) is 4.79 Å². The summed E-state index contributed by atoms with van der Waals surface area (Å²) in [5.74, 6) is 0.688. The number of hydrogen-bond acceptors (Lipinski definition) is 5. The van der Waals surface area contributed by atoms with Gasteiger partial charge in [0, 0.05) is 18.6 Å². The molecule has 0 radical (unpaired) electrons. The van der Waals surface area contributed by atoms with Gasteiger partial charge in [0.2, 0.25) is 0 Å². The third-order valence-electron chi connectivity index (χ3n) is 5.23. The summed E-state index contributed by atoms with van der Waals surface area (Å²) in [7, 11) is 0. The maximum Gasteiger partial charge on any atom is 0.279 e. The van der Waals surface area contributed by atoms with E-state index in [1.54, 1.807) is 26.0 Å². The number of para-hydroxylation sites is 1. The Morgan fingerprint density at radius 3 is 2.89 bits per heavy atom. The van der Waals surface area contributed by atoms with Crippen molar-refractivity contribution in [3.8, 4) is 5.82 Å². The zero-order valence-corrected chi connectivity index (χ0v) is 16.3. The van der Waals surface area contributed by atoms with Gasteiger partial charge in [-0.1, -0.05) is 22.9 Å². The molecule has 1 aliphatic rings. The molecule has 0 amide bonds. The van der Waals surface area contributed by atoms with Crippen molar-refractivity contribution in [3.63, 3.8) is 0 Å². The summed E-state index contributed by atoms with van der Waals surface area (Å²) >= 11 is 6.45. The number of hydrogen-bond donors (Lipinski definition) is 0. The number of fused-ring (bicyclic) bond motifs is 3. The fourth-order valence-corrected chi connectivity index (χ4v) is 4.13. The Bertz CT molecular complexity index is 1250. The standard InChI is InChI=1S/C19H19ClN6O2/c1-11(2)26-16-13(20)4-3-5-15(16)24-10-21-18(17(24)19(26)27)25-8-14(22-23-25)12-6-7-28-9-12/h3-5,8,10-12H,6-7,9H2,1-2H3. The Hall–Kier alpha value is -2.71. The van der Waals surface area contributed by atoms with Crippen LogP contribution in [0.3, 0.4) is 0 Å². The van der Waals surface area contributed by atoms with Gasteiger partial charge in [-0.05, 0) is 32.4 Å². The van der Waals surface area contributed by atoms with Crippen LogP contribution in [0.2, 0.25) is 5.02 Å². The van der Waals surface area contributed by atoms with E-state index in [1.165, 1.54) is 0 Å². The molecule has 5 rings (SSSR count). The van der Waals surface area contributed by atoms with Crippen LogP contribution in [0.15, 0.2) is 35.5 Å². The monoisotopic (exact) mass is 398 g/mol. The summed E-state index contributed by atoms with van der Waals surface area (Å²) in [4.78, 5) is 17.9. The Morgan fingerprint density at radius 1 is 1.29 bits per heavy atom. The van der Waals surface area contributed by atoms with Crippen molar-refractivity contribution in [2.75, 3.05) is 13.2 Å². The van der Waals surface area contributed by atoms with Gasteiger partial charge in [0.05, 0.1) is 34.6 Å². The van der Waals surface area contributed by atoms with Gasteiger partial charge in [0.15, 0.2) is 11.3 Å². The number of rotatable bonds is 3. The Kier molecular flexibility index (Phi) is 3.99. The third kappa shape index (κ3) is 2.48. The predicted molar refractivity (Wildman–Crippen MR) is 105 cm³/mol. The van der Waals surface area contributed by atoms with Crippen LogP contribution >= 0.6 is 11.6 Å². The molecule has 9 heteroatoms. The molecule has 0 bridgehead atoms. The summed E-state index contributed by atoms with van der Waals surface area (Å²) in [5.41, 5.74) is 2.65. The Labute approximate surface area is 165 Å². The maximum atomic E-state index is 13.4. The van der Waals surface area contributed by atoms with Crippen LogP contribution in [0.5, 0.6) is 0 Å². The zero-order valence-electron chi connectivity index (χ0n) is 15.5. The average molecular weight is 399 g/mol. The smallest absolute Gasteiger partial charge is 0.279 e. The highest BCUT2D eigenvalue weighted by Gasteiger charge is 2.24. The molecule has 28 heavy (non-hydrogen) atoms. The van der Waals surface area contributed by atoms with E-state index in [-0.39, 0.29) is 17.5 Å². The first-order valence-corrected chi connectivity index (χ1v) is 9.64. The molecule has 0 spiro atoms. The van der Waals surface area contributed by atoms with E-state index in [0.717, 1.165) is 24.2 Å². The van der Waals surface area contributed by atoms with E-state index < -0.39 is 0 Å². The van der Waals surface area contributed by atoms with Gasteiger partial charge in [0.1, 0.15) is 6.33 Å². The SMILES string of the molecule is CC(C)n1c(=O)c2c(-n3cc(C4CCOC4)nn3)ncn2c2cccc(Cl)c21. The lowest BCUT2D eigenvalue weighted by atomic mass is 10.1. The van der Waals surface area contributed by atoms with Crippen molar-refractivity contribution < 1.29 is 4.74 Å². The van der Waals surface area contributed by atoms with Crippen molar-refractivity contribution >= 4 is 28.2 Å². The summed E-state index contributed by atoms with van der Waals surface area (Å²) in [5, 5.41) is 9.04. The number of benzene rings is 1. The number of ether oxygens (including phenoxy) is 1. The number of nitrogens with zero attached hydrogens (tertiary/aromatic N) is 6. The highest BCUT2D eigenvalue weighted by Crippen LogP contribution is 2.27. The van der Waals surface area contributed by atoms with E-state index >= 15 is 0 Å². The van der Waals surface area contributed by atoms with Crippen molar-refractivity contribution in [2.24, 2.45) is 0 Å². The predicted octanol–water partition coefficient (Wildman–Crippen LogP) is 2.97. The zero-order chi connectivity index (χ0) is 19.4. The molecule has 4 aromatic rings. The van der Waals surface area contributed by atoms with Crippen LogP contribution in [0, 0.1) is 0 Å². The fourth-order valence-electron chi connectivity index (χ4n) is 3.87. The number of halogens is 1. The van der Waals surface area contributed by atoms with Crippen molar-refractivity contribution in [3.05, 3.63) is 51.8 Å². The lowest BCUT2D eigenvalue weighted by molar-refractivity contribution is 0.193. The first-order valence-electron chi connectivity index (χ1n) is 9.26. The molecule has 1 aromatic carbocycles. The molecule has 4 heterocycles. The first kappa shape index (κ1) is 17.4. The minimum absolute atomic E-state index is 0.0652. The Morgan fingerprint density at radius 2 is 2.14 bits per heavy atom. The topological polar surface area (TPSA) is 79.2 Å². The molecular weight excluding hydrogens is 380 g/mol. The molecule has 0 saturated carbocycles. The van der Waals surface area contributed by atoms with E-state index in [4.69, 9.17) is 16.3 Å². The lowest BCUT2D eigenvalue weighted by Crippen LogP contribution is -2.25. The minimum atomic E-state index is -0.163. The molecule has 1 aliphatic heterocycles. The highest BCUT2D eigenvalue weighted by molar-refractivity contribution is 6.35. The van der Waals surface area contributed by atoms with E-state index in [0.29, 0.717) is 28.5 Å². The molecule has 1 unspecified atom stereocenters. The van der Waals surface area contributed by atoms with Gasteiger partial charge in [0.25, 0.3) is 5.56 Å². The maximum absolute atomic E-state index is 13.4. The van der Waals surface area contributed by atoms with Crippen LogP contribution in [0.4, 0.5) is 0 Å². The molecule has 144 valence electrons. The second-order valence-electron chi connectivity index (χ2n) is 7.31. The second kappa shape index (κ2) is 6.42. The van der Waals surface area contributed by atoms with Crippen LogP contribution in [0.1, 0.15) is 37.9 Å². The molecule has 1 saturated heterocycles. The summed E-state index contributed by atoms with van der Waals surface area (Å²) < 4.78 is 10.5. The lowest BCUT2D eigenvalue weighted by Gasteiger charge is -2.16. The van der Waals surface area contributed by atoms with E-state index in [1.807, 2.05) is 32.2 Å². The molecule has 1 fully saturated rings. The van der Waals surface area contributed by atoms with Crippen LogP contribution in [0.25, 0.3) is 22.4 Å². The molecule has 0 aliphatic carbocycles. The van der Waals surface area contributed by atoms with Crippen LogP contribution < -0.4 is 5.56 Å². The van der Waals surface area contributed by atoms with E-state index in [2.05, 4.69) is 15.3 Å². The fraction of sp³-hybridized carbons (Fsp3) is 0.368. The van der Waals surface area contributed by atoms with Gasteiger partial charge in [-0.2, -0.15) is 4.68 Å². The van der Waals surface area contributed by atoms with Gasteiger partial charge in [-0.25, -0.2) is 4.98 Å². The molecule has 0 N–H and O–H groups in total. The van der Waals surface area contributed by atoms with Crippen LogP contribution in [-0.4, -0.2) is 42.2 Å². The van der Waals surface area contributed by atoms with Crippen molar-refractivity contribution in [2.45, 2.75) is 32.2 Å². The second-order valence-corrected chi connectivity index (χ2v) is 7.72. The normalized spacial score (nSPS) is 17.4. The van der Waals surface area contributed by atoms with Gasteiger partial charge >= 0.3 is 0 Å². The minimum Gasteiger partial charge on any atom is -0.381 e. The number of aromatic nitrogens is 6. The molecule has 3 aromatic heterocycles. The third-order valence-corrected chi connectivity index (χ3v) is 5.53. The van der Waals surface area contributed by atoms with Crippen molar-refractivity contribution in [1.29, 1.82) is 0 Å². The summed E-state index contributed by atoms with van der Waals surface area (Å²) in [6.45, 7) is 5.30. The van der Waals surface area contributed by atoms with Gasteiger partial charge in [-0.15, -0.1) is 5.10 Å².